The summed E-state index contributed by atoms with van der Waals surface area (Å²) in [7, 11) is 0. The van der Waals surface area contributed by atoms with Crippen molar-refractivity contribution in [2.75, 3.05) is 13.2 Å². The van der Waals surface area contributed by atoms with Crippen molar-refractivity contribution in [1.29, 1.82) is 0 Å². The molecular weight excluding hydrogens is 226 g/mol. The Morgan fingerprint density at radius 2 is 2.06 bits per heavy atom. The molecule has 0 aromatic carbocycles. The van der Waals surface area contributed by atoms with Crippen molar-refractivity contribution in [3.8, 4) is 0 Å². The van der Waals surface area contributed by atoms with Gasteiger partial charge in [0, 0.05) is 26.1 Å². The summed E-state index contributed by atoms with van der Waals surface area (Å²) in [4.78, 5) is 23.1. The molecule has 6 nitrogen and oxygen atoms in total. The third kappa shape index (κ3) is 2.31. The van der Waals surface area contributed by atoms with Crippen molar-refractivity contribution < 1.29 is 23.8 Å². The largest absolute Gasteiger partial charge is 0.480 e. The Morgan fingerprint density at radius 1 is 1.35 bits per heavy atom. The fourth-order valence-corrected chi connectivity index (χ4v) is 1.80. The zero-order chi connectivity index (χ0) is 12.3. The average Bonchev–Trinajstić information content (AvgIpc) is 2.83. The first-order valence-electron chi connectivity index (χ1n) is 5.31. The van der Waals surface area contributed by atoms with Gasteiger partial charge in [0.25, 0.3) is 5.91 Å². The first-order valence-corrected chi connectivity index (χ1v) is 5.31. The summed E-state index contributed by atoms with van der Waals surface area (Å²) < 4.78 is 10.0. The van der Waals surface area contributed by atoms with Crippen molar-refractivity contribution in [1.82, 2.24) is 5.32 Å². The summed E-state index contributed by atoms with van der Waals surface area (Å²) in [5, 5.41) is 11.8. The van der Waals surface area contributed by atoms with E-state index in [-0.39, 0.29) is 18.6 Å². The van der Waals surface area contributed by atoms with Crippen LogP contribution >= 0.6 is 0 Å². The molecule has 0 radical (unpaired) electrons. The Kier molecular flexibility index (Phi) is 3.14. The van der Waals surface area contributed by atoms with Gasteiger partial charge in [-0.15, -0.1) is 0 Å². The zero-order valence-corrected chi connectivity index (χ0v) is 9.14. The molecule has 1 saturated heterocycles. The maximum atomic E-state index is 11.8. The van der Waals surface area contributed by atoms with Crippen molar-refractivity contribution in [3.63, 3.8) is 0 Å². The standard InChI is InChI=1S/C11H13NO5/c13-9(8-2-1-5-17-8)12-11(10(14)15)3-6-16-7-4-11/h1-2,5H,3-4,6-7H2,(H,12,13)(H,14,15). The third-order valence-corrected chi connectivity index (χ3v) is 2.85. The number of carbonyl (C=O) groups excluding carboxylic acids is 1. The lowest BCUT2D eigenvalue weighted by atomic mass is 9.90. The van der Waals surface area contributed by atoms with E-state index in [1.807, 2.05) is 0 Å². The normalized spacial score (nSPS) is 18.6. The van der Waals surface area contributed by atoms with E-state index in [1.165, 1.54) is 12.3 Å². The average molecular weight is 239 g/mol. The number of carboxylic acid groups (broad SMARTS) is 1. The van der Waals surface area contributed by atoms with Gasteiger partial charge in [0.2, 0.25) is 0 Å². The highest BCUT2D eigenvalue weighted by Crippen LogP contribution is 2.21. The van der Waals surface area contributed by atoms with Gasteiger partial charge in [-0.25, -0.2) is 4.79 Å². The summed E-state index contributed by atoms with van der Waals surface area (Å²) in [6, 6.07) is 3.07. The van der Waals surface area contributed by atoms with Gasteiger partial charge in [-0.05, 0) is 12.1 Å². The molecule has 0 unspecified atom stereocenters. The fraction of sp³-hybridized carbons (Fsp3) is 0.455. The second-order valence-electron chi connectivity index (χ2n) is 3.93. The Hall–Kier alpha value is -1.82. The van der Waals surface area contributed by atoms with Crippen LogP contribution in [0.5, 0.6) is 0 Å². The monoisotopic (exact) mass is 239 g/mol. The number of hydrogen-bond acceptors (Lipinski definition) is 4. The highest BCUT2D eigenvalue weighted by Gasteiger charge is 2.42. The lowest BCUT2D eigenvalue weighted by Crippen LogP contribution is -2.57. The number of nitrogens with one attached hydrogen (secondary N) is 1. The maximum Gasteiger partial charge on any atom is 0.329 e. The number of carbonyl (C=O) groups is 2. The molecule has 2 heterocycles. The molecular formula is C11H13NO5. The highest BCUT2D eigenvalue weighted by molar-refractivity contribution is 5.95. The number of rotatable bonds is 3. The van der Waals surface area contributed by atoms with Crippen LogP contribution in [-0.2, 0) is 9.53 Å². The molecule has 92 valence electrons. The van der Waals surface area contributed by atoms with E-state index < -0.39 is 17.4 Å². The Balaban J connectivity index is 2.13. The van der Waals surface area contributed by atoms with E-state index in [0.29, 0.717) is 13.2 Å². The Bertz CT molecular complexity index is 406. The summed E-state index contributed by atoms with van der Waals surface area (Å²) >= 11 is 0. The van der Waals surface area contributed by atoms with E-state index in [9.17, 15) is 14.7 Å². The van der Waals surface area contributed by atoms with Crippen molar-refractivity contribution in [3.05, 3.63) is 24.2 Å². The summed E-state index contributed by atoms with van der Waals surface area (Å²) in [5.74, 6) is -1.45. The molecule has 6 heteroatoms. The van der Waals surface area contributed by atoms with Crippen LogP contribution in [0.1, 0.15) is 23.4 Å². The molecule has 0 saturated carbocycles. The van der Waals surface area contributed by atoms with Crippen LogP contribution in [0, 0.1) is 0 Å². The lowest BCUT2D eigenvalue weighted by molar-refractivity contribution is -0.148. The minimum Gasteiger partial charge on any atom is -0.480 e. The molecule has 1 aromatic heterocycles. The van der Waals surface area contributed by atoms with Gasteiger partial charge in [-0.2, -0.15) is 0 Å². The molecule has 0 atom stereocenters. The summed E-state index contributed by atoms with van der Waals surface area (Å²) in [5.41, 5.74) is -1.25. The number of furan rings is 1. The molecule has 1 aromatic rings. The van der Waals surface area contributed by atoms with Crippen LogP contribution in [0.3, 0.4) is 0 Å². The number of aliphatic carboxylic acids is 1. The Labute approximate surface area is 97.6 Å². The fourth-order valence-electron chi connectivity index (χ4n) is 1.80. The van der Waals surface area contributed by atoms with Crippen LogP contribution in [0.2, 0.25) is 0 Å². The first kappa shape index (κ1) is 11.7. The smallest absolute Gasteiger partial charge is 0.329 e. The second-order valence-corrected chi connectivity index (χ2v) is 3.93. The predicted molar refractivity (Wildman–Crippen MR) is 56.6 cm³/mol. The maximum absolute atomic E-state index is 11.8. The molecule has 2 N–H and O–H groups in total. The highest BCUT2D eigenvalue weighted by atomic mass is 16.5. The van der Waals surface area contributed by atoms with Crippen LogP contribution < -0.4 is 5.32 Å². The minimum absolute atomic E-state index is 0.108. The van der Waals surface area contributed by atoms with Gasteiger partial charge in [0.1, 0.15) is 5.54 Å². The molecule has 1 aliphatic heterocycles. The van der Waals surface area contributed by atoms with Crippen LogP contribution in [0.4, 0.5) is 0 Å². The molecule has 17 heavy (non-hydrogen) atoms. The second kappa shape index (κ2) is 4.58. The lowest BCUT2D eigenvalue weighted by Gasteiger charge is -2.33. The predicted octanol–water partition coefficient (Wildman–Crippen LogP) is 0.643. The summed E-state index contributed by atoms with van der Waals surface area (Å²) in [6.07, 6.45) is 1.88. The molecule has 0 bridgehead atoms. The van der Waals surface area contributed by atoms with Crippen LogP contribution in [0.25, 0.3) is 0 Å². The van der Waals surface area contributed by atoms with Crippen LogP contribution in [0.15, 0.2) is 22.8 Å². The van der Waals surface area contributed by atoms with Crippen LogP contribution in [-0.4, -0.2) is 35.7 Å². The van der Waals surface area contributed by atoms with Gasteiger partial charge >= 0.3 is 5.97 Å². The van der Waals surface area contributed by atoms with E-state index in [1.54, 1.807) is 6.07 Å². The SMILES string of the molecule is O=C(NC1(C(=O)O)CCOCC1)c1ccco1. The molecule has 1 fully saturated rings. The van der Waals surface area contributed by atoms with E-state index in [0.717, 1.165) is 0 Å². The molecule has 1 amide bonds. The molecule has 0 spiro atoms. The van der Waals surface area contributed by atoms with Crippen molar-refractivity contribution >= 4 is 11.9 Å². The van der Waals surface area contributed by atoms with Crippen molar-refractivity contribution in [2.24, 2.45) is 0 Å². The molecule has 2 rings (SSSR count). The van der Waals surface area contributed by atoms with Gasteiger partial charge in [-0.1, -0.05) is 0 Å². The number of amides is 1. The quantitative estimate of drug-likeness (QED) is 0.808. The summed E-state index contributed by atoms with van der Waals surface area (Å²) in [6.45, 7) is 0.648. The minimum atomic E-state index is -1.25. The first-order chi connectivity index (χ1) is 8.14. The van der Waals surface area contributed by atoms with E-state index in [4.69, 9.17) is 9.15 Å². The van der Waals surface area contributed by atoms with Gasteiger partial charge in [-0.3, -0.25) is 4.79 Å². The van der Waals surface area contributed by atoms with E-state index in [2.05, 4.69) is 5.32 Å². The van der Waals surface area contributed by atoms with Gasteiger partial charge < -0.3 is 19.6 Å². The van der Waals surface area contributed by atoms with Crippen molar-refractivity contribution in [2.45, 2.75) is 18.4 Å². The third-order valence-electron chi connectivity index (χ3n) is 2.85. The van der Waals surface area contributed by atoms with E-state index >= 15 is 0 Å². The zero-order valence-electron chi connectivity index (χ0n) is 9.14. The molecule has 1 aliphatic rings. The Morgan fingerprint density at radius 3 is 2.59 bits per heavy atom. The number of carboxylic acids is 1. The van der Waals surface area contributed by atoms with Gasteiger partial charge in [0.15, 0.2) is 5.76 Å². The number of ether oxygens (including phenoxy) is 1. The molecule has 0 aliphatic carbocycles. The topological polar surface area (TPSA) is 88.8 Å². The van der Waals surface area contributed by atoms with Gasteiger partial charge in [0.05, 0.1) is 6.26 Å². The number of hydrogen-bond donors (Lipinski definition) is 2.